The summed E-state index contributed by atoms with van der Waals surface area (Å²) in [7, 11) is 1.59. The number of nitrogens with one attached hydrogen (secondary N) is 2. The number of halogens is 3. The maximum absolute atomic E-state index is 13.1. The number of hydrogen-bond acceptors (Lipinski definition) is 5. The molecule has 3 aliphatic rings. The molecule has 1 saturated carbocycles. The van der Waals surface area contributed by atoms with Crippen LogP contribution in [0.15, 0.2) is 48.5 Å². The highest BCUT2D eigenvalue weighted by Gasteiger charge is 2.48. The van der Waals surface area contributed by atoms with Gasteiger partial charge < -0.3 is 30.1 Å². The molecule has 0 bridgehead atoms. The number of ether oxygens (including phenoxy) is 1. The van der Waals surface area contributed by atoms with Crippen LogP contribution in [-0.2, 0) is 9.59 Å². The van der Waals surface area contributed by atoms with E-state index in [9.17, 15) is 27.6 Å². The van der Waals surface area contributed by atoms with Crippen LogP contribution in [0.1, 0.15) is 44.9 Å². The topological polar surface area (TPSA) is 94.2 Å². The van der Waals surface area contributed by atoms with E-state index in [1.54, 1.807) is 31.3 Å². The van der Waals surface area contributed by atoms with E-state index in [2.05, 4.69) is 15.5 Å². The molecule has 2 saturated heterocycles. The molecule has 0 spiro atoms. The van der Waals surface area contributed by atoms with Gasteiger partial charge in [0.25, 0.3) is 0 Å². The first-order valence-electron chi connectivity index (χ1n) is 14.4. The first kappa shape index (κ1) is 29.5. The Morgan fingerprint density at radius 1 is 0.857 bits per heavy atom. The third kappa shape index (κ3) is 6.91. The molecule has 2 heterocycles. The molecule has 226 valence electrons. The molecule has 1 unspecified atom stereocenters. The van der Waals surface area contributed by atoms with Crippen LogP contribution in [0.3, 0.4) is 0 Å². The van der Waals surface area contributed by atoms with Crippen molar-refractivity contribution in [3.63, 3.8) is 0 Å². The number of benzene rings is 2. The van der Waals surface area contributed by atoms with E-state index in [4.69, 9.17) is 4.74 Å². The molecule has 4 amide bonds. The number of amides is 4. The van der Waals surface area contributed by atoms with Gasteiger partial charge in [-0.2, -0.15) is 13.2 Å². The summed E-state index contributed by atoms with van der Waals surface area (Å²) in [6.45, 7) is 1.10. The number of likely N-dealkylation sites (tertiary alicyclic amines) is 1. The summed E-state index contributed by atoms with van der Waals surface area (Å²) in [5, 5.41) is 5.62. The normalized spacial score (nSPS) is 21.0. The second-order valence-corrected chi connectivity index (χ2v) is 11.2. The summed E-state index contributed by atoms with van der Waals surface area (Å²) in [6, 6.07) is 13.0. The van der Waals surface area contributed by atoms with Gasteiger partial charge in [0, 0.05) is 43.7 Å². The molecule has 2 aromatic rings. The van der Waals surface area contributed by atoms with Crippen molar-refractivity contribution in [2.24, 2.45) is 0 Å². The molecule has 0 radical (unpaired) electrons. The third-order valence-corrected chi connectivity index (χ3v) is 8.31. The number of hydrogen-bond donors (Lipinski definition) is 2. The van der Waals surface area contributed by atoms with Gasteiger partial charge in [-0.25, -0.2) is 4.79 Å². The fourth-order valence-electron chi connectivity index (χ4n) is 6.00. The number of anilines is 3. The van der Waals surface area contributed by atoms with Gasteiger partial charge in [0.05, 0.1) is 12.1 Å². The number of carbonyl (C=O) groups is 3. The summed E-state index contributed by atoms with van der Waals surface area (Å²) in [6.07, 6.45) is 1.06. The van der Waals surface area contributed by atoms with E-state index in [0.29, 0.717) is 42.2 Å². The van der Waals surface area contributed by atoms with Crippen LogP contribution in [0.25, 0.3) is 0 Å². The largest absolute Gasteiger partial charge is 0.490 e. The van der Waals surface area contributed by atoms with Gasteiger partial charge in [-0.1, -0.05) is 0 Å². The Balaban J connectivity index is 1.10. The lowest BCUT2D eigenvalue weighted by Gasteiger charge is -2.32. The Labute approximate surface area is 243 Å². The lowest BCUT2D eigenvalue weighted by molar-refractivity contribution is -0.187. The van der Waals surface area contributed by atoms with Gasteiger partial charge >= 0.3 is 18.1 Å². The van der Waals surface area contributed by atoms with Gasteiger partial charge in [-0.15, -0.1) is 0 Å². The predicted octanol–water partition coefficient (Wildman–Crippen LogP) is 5.24. The Morgan fingerprint density at radius 2 is 1.48 bits per heavy atom. The van der Waals surface area contributed by atoms with Crippen molar-refractivity contribution >= 4 is 34.9 Å². The summed E-state index contributed by atoms with van der Waals surface area (Å²) in [5.74, 6) is -1.62. The van der Waals surface area contributed by atoms with Crippen LogP contribution in [0, 0.1) is 0 Å². The van der Waals surface area contributed by atoms with Crippen LogP contribution in [-0.4, -0.2) is 78.7 Å². The van der Waals surface area contributed by atoms with Gasteiger partial charge in [-0.3, -0.25) is 9.59 Å². The van der Waals surface area contributed by atoms with Crippen molar-refractivity contribution < 1.29 is 32.3 Å². The number of nitrogens with zero attached hydrogens (tertiary/aromatic N) is 3. The second kappa shape index (κ2) is 12.5. The Bertz CT molecular complexity index is 1270. The van der Waals surface area contributed by atoms with E-state index >= 15 is 0 Å². The van der Waals surface area contributed by atoms with Crippen molar-refractivity contribution in [1.29, 1.82) is 0 Å². The van der Waals surface area contributed by atoms with Crippen molar-refractivity contribution in [3.05, 3.63) is 48.5 Å². The molecule has 2 aliphatic heterocycles. The number of rotatable bonds is 7. The van der Waals surface area contributed by atoms with Crippen LogP contribution in [0.4, 0.5) is 35.0 Å². The Kier molecular flexibility index (Phi) is 8.79. The number of carbonyl (C=O) groups excluding carboxylic acids is 3. The Hall–Kier alpha value is -3.96. The van der Waals surface area contributed by atoms with E-state index in [0.717, 1.165) is 24.3 Å². The van der Waals surface area contributed by atoms with Crippen molar-refractivity contribution in [2.45, 2.75) is 69.3 Å². The highest BCUT2D eigenvalue weighted by atomic mass is 19.4. The molecule has 9 nitrogen and oxygen atoms in total. The number of alkyl halides is 3. The maximum atomic E-state index is 13.1. The molecule has 2 aromatic carbocycles. The first-order valence-corrected chi connectivity index (χ1v) is 14.4. The minimum Gasteiger partial charge on any atom is -0.490 e. The van der Waals surface area contributed by atoms with E-state index in [1.807, 2.05) is 24.3 Å². The van der Waals surface area contributed by atoms with E-state index in [1.165, 1.54) is 17.7 Å². The standard InChI is InChI=1S/C30H36F3N5O4/c1-36(27(39)26-7-4-17-38(26)28(40)30(31,32)33)23-16-18-37(19-23)22-12-8-20(9-13-22)34-29(41)35-21-10-14-25(15-11-21)42-24-5-2-3-6-24/h8-15,23-24,26H,2-7,16-19H2,1H3,(H2,34,35,41)/t23?,26-/m0/s1. The summed E-state index contributed by atoms with van der Waals surface area (Å²) < 4.78 is 44.9. The quantitative estimate of drug-likeness (QED) is 0.462. The minimum atomic E-state index is -5.00. The monoisotopic (exact) mass is 587 g/mol. The van der Waals surface area contributed by atoms with E-state index < -0.39 is 24.0 Å². The molecular formula is C30H36F3N5O4. The summed E-state index contributed by atoms with van der Waals surface area (Å²) >= 11 is 0. The summed E-state index contributed by atoms with van der Waals surface area (Å²) in [4.78, 5) is 41.6. The van der Waals surface area contributed by atoms with Crippen molar-refractivity contribution in [3.8, 4) is 5.75 Å². The summed E-state index contributed by atoms with van der Waals surface area (Å²) in [5.41, 5.74) is 2.15. The zero-order valence-electron chi connectivity index (χ0n) is 23.5. The van der Waals surface area contributed by atoms with Gasteiger partial charge in [0.2, 0.25) is 5.91 Å². The highest BCUT2D eigenvalue weighted by Crippen LogP contribution is 2.29. The zero-order chi connectivity index (χ0) is 29.9. The molecule has 0 aromatic heterocycles. The zero-order valence-corrected chi connectivity index (χ0v) is 23.5. The Morgan fingerprint density at radius 3 is 2.10 bits per heavy atom. The first-order chi connectivity index (χ1) is 20.1. The van der Waals surface area contributed by atoms with Crippen LogP contribution in [0.5, 0.6) is 5.75 Å². The molecule has 2 atom stereocenters. The molecule has 5 rings (SSSR count). The predicted molar refractivity (Wildman–Crippen MR) is 153 cm³/mol. The smallest absolute Gasteiger partial charge is 0.471 e. The second-order valence-electron chi connectivity index (χ2n) is 11.2. The SMILES string of the molecule is CN(C(=O)[C@@H]1CCCN1C(=O)C(F)(F)F)C1CCN(c2ccc(NC(=O)Nc3ccc(OC4CCCC4)cc3)cc2)C1. The lowest BCUT2D eigenvalue weighted by Crippen LogP contribution is -2.52. The fourth-order valence-corrected chi connectivity index (χ4v) is 6.00. The van der Waals surface area contributed by atoms with Gasteiger partial charge in [0.1, 0.15) is 11.8 Å². The molecule has 3 fully saturated rings. The fraction of sp³-hybridized carbons (Fsp3) is 0.500. The average Bonchev–Trinajstić information content (AvgIpc) is 3.75. The molecule has 2 N–H and O–H groups in total. The van der Waals surface area contributed by atoms with Crippen LogP contribution >= 0.6 is 0 Å². The lowest BCUT2D eigenvalue weighted by atomic mass is 10.1. The molecule has 12 heteroatoms. The van der Waals surface area contributed by atoms with Gasteiger partial charge in [0.15, 0.2) is 0 Å². The van der Waals surface area contributed by atoms with E-state index in [-0.39, 0.29) is 31.1 Å². The number of urea groups is 1. The van der Waals surface area contributed by atoms with Crippen molar-refractivity contribution in [2.75, 3.05) is 42.2 Å². The van der Waals surface area contributed by atoms with Crippen molar-refractivity contribution in [1.82, 2.24) is 9.80 Å². The van der Waals surface area contributed by atoms with Gasteiger partial charge in [-0.05, 0) is 93.5 Å². The molecule has 1 aliphatic carbocycles. The minimum absolute atomic E-state index is 0.0700. The molecule has 42 heavy (non-hydrogen) atoms. The van der Waals surface area contributed by atoms with Crippen LogP contribution < -0.4 is 20.3 Å². The molecular weight excluding hydrogens is 551 g/mol. The third-order valence-electron chi connectivity index (χ3n) is 8.31. The van der Waals surface area contributed by atoms with Crippen LogP contribution in [0.2, 0.25) is 0 Å². The highest BCUT2D eigenvalue weighted by molar-refractivity contribution is 5.99. The average molecular weight is 588 g/mol. The number of likely N-dealkylation sites (N-methyl/N-ethyl adjacent to an activating group) is 1. The maximum Gasteiger partial charge on any atom is 0.471 e.